The van der Waals surface area contributed by atoms with Crippen molar-refractivity contribution in [2.45, 2.75) is 86.0 Å². The number of para-hydroxylation sites is 4. The summed E-state index contributed by atoms with van der Waals surface area (Å²) in [6.07, 6.45) is 0. The summed E-state index contributed by atoms with van der Waals surface area (Å²) in [5, 5.41) is 2.58. The number of imidazole rings is 2. The van der Waals surface area contributed by atoms with Crippen LogP contribution in [-0.2, 0) is 21.1 Å². The maximum atomic E-state index is 7.20. The van der Waals surface area contributed by atoms with Gasteiger partial charge >= 0.3 is 21.1 Å². The quantitative estimate of drug-likeness (QED) is 0.113. The van der Waals surface area contributed by atoms with Gasteiger partial charge in [0.05, 0.1) is 44.7 Å². The molecule has 0 radical (unpaired) electrons. The molecule has 83 heavy (non-hydrogen) atoms. The van der Waals surface area contributed by atoms with Crippen molar-refractivity contribution in [2.24, 2.45) is 0 Å². The van der Waals surface area contributed by atoms with Crippen LogP contribution in [0.3, 0.4) is 0 Å². The van der Waals surface area contributed by atoms with Crippen molar-refractivity contribution >= 4 is 66.1 Å². The first-order valence-corrected chi connectivity index (χ1v) is 28.6. The van der Waals surface area contributed by atoms with Crippen LogP contribution in [0.1, 0.15) is 107 Å². The van der Waals surface area contributed by atoms with Crippen LogP contribution in [0.2, 0.25) is 0 Å². The molecule has 0 aliphatic heterocycles. The second-order valence-electron chi connectivity index (χ2n) is 23.0. The molecule has 5 aromatic heterocycles. The van der Waals surface area contributed by atoms with E-state index in [-0.39, 0.29) is 44.7 Å². The van der Waals surface area contributed by atoms with Gasteiger partial charge in [0.25, 0.3) is 0 Å². The molecular formula is C74H61N5O3Pt. The SMILES string of the molecule is Cc1ccc2oc3c(ccc4c5cc(Oc6[c-]c(-c7nc8ccccc8n7-c7c(C(C)C)cc(-c8ccccc8)cc7C(C)C)ccc6)[c-]c(-c6nc7ccccc7n6-c6c(C(C)C)cc(-c7ccccc7)cc6C(C)C)c5oc43)c2n1.[Pt+2]. The van der Waals surface area contributed by atoms with Gasteiger partial charge in [-0.3, -0.25) is 9.97 Å². The number of furan rings is 2. The fourth-order valence-corrected chi connectivity index (χ4v) is 12.1. The smallest absolute Gasteiger partial charge is 0.497 e. The van der Waals surface area contributed by atoms with Gasteiger partial charge in [0.2, 0.25) is 0 Å². The first-order chi connectivity index (χ1) is 39.9. The van der Waals surface area contributed by atoms with Crippen molar-refractivity contribution in [1.82, 2.24) is 24.1 Å². The van der Waals surface area contributed by atoms with E-state index in [1.54, 1.807) is 0 Å². The van der Waals surface area contributed by atoms with Gasteiger partial charge in [0, 0.05) is 34.0 Å². The standard InChI is InChI=1S/C74H61N5O3.Pt/c1-42(2)56-36-50(47-21-12-10-13-22-47)37-57(43(3)4)68(56)78-64-29-18-16-27-62(64)76-73(78)49-25-20-26-52(35-49)80-53-40-60-54-32-33-55-67-66(34-31-46(9)75-67)81-72(55)71(54)82-70(60)61(41-53)74-77-63-28-17-19-30-65(63)79(74)69-58(44(5)6)38-51(39-59(69)45(7)8)48-23-14-11-15-24-48;/h10-34,36-40,42-45H,1-9H3;/q-2;+2. The van der Waals surface area contributed by atoms with Crippen molar-refractivity contribution in [2.75, 3.05) is 0 Å². The molecule has 5 heterocycles. The molecule has 9 heteroatoms. The molecule has 0 aliphatic rings. The van der Waals surface area contributed by atoms with Crippen molar-refractivity contribution in [3.8, 4) is 67.9 Å². The van der Waals surface area contributed by atoms with Gasteiger partial charge in [-0.05, 0) is 142 Å². The van der Waals surface area contributed by atoms with E-state index < -0.39 is 0 Å². The Morgan fingerprint density at radius 2 is 0.928 bits per heavy atom. The Labute approximate surface area is 497 Å². The molecule has 0 fully saturated rings. The fourth-order valence-electron chi connectivity index (χ4n) is 12.1. The number of pyridine rings is 1. The zero-order valence-electron chi connectivity index (χ0n) is 47.9. The van der Waals surface area contributed by atoms with Gasteiger partial charge < -0.3 is 22.7 Å². The van der Waals surface area contributed by atoms with Crippen molar-refractivity contribution < 1.29 is 34.6 Å². The summed E-state index contributed by atoms with van der Waals surface area (Å²) in [6.45, 7) is 20.2. The minimum absolute atomic E-state index is 0. The topological polar surface area (TPSA) is 84.0 Å². The third kappa shape index (κ3) is 9.15. The van der Waals surface area contributed by atoms with Gasteiger partial charge in [0.1, 0.15) is 5.52 Å². The summed E-state index contributed by atoms with van der Waals surface area (Å²) in [5.74, 6) is 3.17. The number of aromatic nitrogens is 5. The predicted molar refractivity (Wildman–Crippen MR) is 335 cm³/mol. The number of rotatable bonds is 12. The molecule has 0 aliphatic carbocycles. The van der Waals surface area contributed by atoms with Gasteiger partial charge in [0.15, 0.2) is 16.7 Å². The molecule has 0 saturated heterocycles. The van der Waals surface area contributed by atoms with Crippen LogP contribution in [0.5, 0.6) is 11.5 Å². The number of fused-ring (bicyclic) bond motifs is 9. The third-order valence-corrected chi connectivity index (χ3v) is 16.1. The van der Waals surface area contributed by atoms with Gasteiger partial charge in [-0.15, -0.1) is 23.8 Å². The van der Waals surface area contributed by atoms with E-state index in [9.17, 15) is 0 Å². The van der Waals surface area contributed by atoms with Crippen molar-refractivity contribution in [3.05, 3.63) is 222 Å². The zero-order valence-corrected chi connectivity index (χ0v) is 50.2. The van der Waals surface area contributed by atoms with Crippen LogP contribution in [0.4, 0.5) is 0 Å². The summed E-state index contributed by atoms with van der Waals surface area (Å²) in [6, 6.07) is 71.3. The molecule has 0 bridgehead atoms. The normalized spacial score (nSPS) is 12.0. The van der Waals surface area contributed by atoms with Crippen LogP contribution in [-0.4, -0.2) is 24.1 Å². The van der Waals surface area contributed by atoms with E-state index in [2.05, 4.69) is 222 Å². The average Bonchev–Trinajstić information content (AvgIpc) is 3.26. The summed E-state index contributed by atoms with van der Waals surface area (Å²) in [7, 11) is 0. The molecule has 0 unspecified atom stereocenters. The molecule has 0 spiro atoms. The zero-order chi connectivity index (χ0) is 56.1. The van der Waals surface area contributed by atoms with E-state index in [0.717, 1.165) is 72.2 Å². The van der Waals surface area contributed by atoms with Crippen LogP contribution in [0.15, 0.2) is 191 Å². The number of ether oxygens (including phenoxy) is 1. The summed E-state index contributed by atoms with van der Waals surface area (Å²) in [5.41, 5.74) is 21.3. The monoisotopic (exact) mass is 1260 g/mol. The van der Waals surface area contributed by atoms with Gasteiger partial charge in [-0.25, -0.2) is 4.98 Å². The molecule has 0 amide bonds. The first kappa shape index (κ1) is 53.5. The molecule has 410 valence electrons. The predicted octanol–water partition coefficient (Wildman–Crippen LogP) is 20.4. The van der Waals surface area contributed by atoms with E-state index >= 15 is 0 Å². The molecule has 9 aromatic carbocycles. The van der Waals surface area contributed by atoms with E-state index in [1.165, 1.54) is 44.5 Å². The molecular weight excluding hydrogens is 1200 g/mol. The van der Waals surface area contributed by atoms with E-state index in [0.29, 0.717) is 45.2 Å². The Morgan fingerprint density at radius 3 is 1.49 bits per heavy atom. The van der Waals surface area contributed by atoms with Crippen LogP contribution in [0.25, 0.3) is 122 Å². The number of nitrogens with zero attached hydrogens (tertiary/aromatic N) is 5. The Kier molecular flexibility index (Phi) is 13.6. The Balaban J connectivity index is 0.00000645. The maximum Gasteiger partial charge on any atom is 2.00 e. The van der Waals surface area contributed by atoms with Gasteiger partial charge in [-0.2, -0.15) is 0 Å². The number of benzene rings is 9. The Bertz CT molecular complexity index is 4750. The molecule has 0 atom stereocenters. The van der Waals surface area contributed by atoms with Crippen LogP contribution in [0, 0.1) is 19.1 Å². The Hall–Kier alpha value is -8.84. The van der Waals surface area contributed by atoms with E-state index in [4.69, 9.17) is 28.5 Å². The summed E-state index contributed by atoms with van der Waals surface area (Å²) >= 11 is 0. The van der Waals surface area contributed by atoms with E-state index in [1.807, 2.05) is 43.3 Å². The maximum absolute atomic E-state index is 7.20. The first-order valence-electron chi connectivity index (χ1n) is 28.6. The molecule has 0 saturated carbocycles. The third-order valence-electron chi connectivity index (χ3n) is 16.1. The number of hydrogen-bond donors (Lipinski definition) is 0. The molecule has 0 N–H and O–H groups in total. The largest absolute Gasteiger partial charge is 2.00 e. The molecule has 8 nitrogen and oxygen atoms in total. The van der Waals surface area contributed by atoms with Gasteiger partial charge in [-0.1, -0.05) is 176 Å². The minimum atomic E-state index is 0. The second-order valence-corrected chi connectivity index (χ2v) is 23.0. The van der Waals surface area contributed by atoms with Crippen molar-refractivity contribution in [1.29, 1.82) is 0 Å². The number of aryl methyl sites for hydroxylation is 1. The summed E-state index contributed by atoms with van der Waals surface area (Å²) < 4.78 is 25.7. The minimum Gasteiger partial charge on any atom is -0.497 e. The fraction of sp³-hybridized carbons (Fsp3) is 0.176. The average molecular weight is 1260 g/mol. The molecule has 14 aromatic rings. The van der Waals surface area contributed by atoms with Crippen LogP contribution >= 0.6 is 0 Å². The Morgan fingerprint density at radius 1 is 0.422 bits per heavy atom. The van der Waals surface area contributed by atoms with Crippen molar-refractivity contribution in [3.63, 3.8) is 0 Å². The number of hydrogen-bond acceptors (Lipinski definition) is 6. The summed E-state index contributed by atoms with van der Waals surface area (Å²) in [4.78, 5) is 15.9. The second kappa shape index (κ2) is 21.2. The molecule has 14 rings (SSSR count). The van der Waals surface area contributed by atoms with Crippen LogP contribution < -0.4 is 4.74 Å².